The highest BCUT2D eigenvalue weighted by molar-refractivity contribution is 6.21. The van der Waals surface area contributed by atoms with Crippen LogP contribution in [0.1, 0.15) is 13.8 Å². The van der Waals surface area contributed by atoms with Gasteiger partial charge in [-0.15, -0.1) is 0 Å². The largest absolute Gasteiger partial charge is 0.419 e. The van der Waals surface area contributed by atoms with Gasteiger partial charge in [0, 0.05) is 13.8 Å². The highest BCUT2D eigenvalue weighted by atomic mass is 35.5. The summed E-state index contributed by atoms with van der Waals surface area (Å²) in [5.41, 5.74) is 0. The van der Waals surface area contributed by atoms with Crippen molar-refractivity contribution >= 4 is 17.6 Å². The molecule has 0 aromatic carbocycles. The zero-order valence-electron chi connectivity index (χ0n) is 4.64. The number of esters is 1. The van der Waals surface area contributed by atoms with Crippen molar-refractivity contribution in [3.05, 3.63) is 0 Å². The van der Waals surface area contributed by atoms with E-state index in [1.165, 1.54) is 0 Å². The molecular weight excluding hydrogens is 131 g/mol. The van der Waals surface area contributed by atoms with E-state index in [1.807, 2.05) is 0 Å². The van der Waals surface area contributed by atoms with Crippen molar-refractivity contribution in [2.24, 2.45) is 0 Å². The molecule has 0 aromatic heterocycles. The third-order valence-corrected chi connectivity index (χ3v) is 0.407. The second kappa shape index (κ2) is 2.33. The van der Waals surface area contributed by atoms with Gasteiger partial charge in [0.25, 0.3) is 5.25 Å². The second-order valence-electron chi connectivity index (χ2n) is 1.46. The summed E-state index contributed by atoms with van der Waals surface area (Å²) in [7, 11) is 0. The summed E-state index contributed by atoms with van der Waals surface area (Å²) in [6.07, 6.45) is 0. The lowest BCUT2D eigenvalue weighted by atomic mass is 10.7. The van der Waals surface area contributed by atoms with Crippen LogP contribution in [0, 0.1) is 0 Å². The van der Waals surface area contributed by atoms with E-state index in [2.05, 4.69) is 4.74 Å². The van der Waals surface area contributed by atoms with Crippen LogP contribution >= 0.6 is 11.6 Å². The first-order valence-electron chi connectivity index (χ1n) is 2.02. The van der Waals surface area contributed by atoms with Crippen LogP contribution in [0.4, 0.5) is 0 Å². The zero-order chi connectivity index (χ0) is 6.78. The monoisotopic (exact) mass is 138 g/mol. The third kappa shape index (κ3) is 5.72. The quantitative estimate of drug-likeness (QED) is 0.325. The molecule has 1 N–H and O–H groups in total. The Balaban J connectivity index is 3.55. The molecule has 0 unspecified atom stereocenters. The Hall–Kier alpha value is -0.280. The Morgan fingerprint density at radius 3 is 2.25 bits per heavy atom. The van der Waals surface area contributed by atoms with Gasteiger partial charge in [0.2, 0.25) is 0 Å². The fraction of sp³-hybridized carbons (Fsp3) is 0.750. The van der Waals surface area contributed by atoms with Crippen LogP contribution in [0.3, 0.4) is 0 Å². The molecule has 0 aliphatic carbocycles. The maximum absolute atomic E-state index is 9.99. The highest BCUT2D eigenvalue weighted by Crippen LogP contribution is 2.09. The van der Waals surface area contributed by atoms with E-state index in [0.717, 1.165) is 13.8 Å². The van der Waals surface area contributed by atoms with Gasteiger partial charge in [0.05, 0.1) is 0 Å². The van der Waals surface area contributed by atoms with Crippen LogP contribution in [-0.2, 0) is 9.53 Å². The molecule has 0 aromatic rings. The van der Waals surface area contributed by atoms with E-state index in [0.29, 0.717) is 0 Å². The number of rotatable bonds is 1. The van der Waals surface area contributed by atoms with Gasteiger partial charge in [-0.05, 0) is 11.6 Å². The minimum absolute atomic E-state index is 0.606. The van der Waals surface area contributed by atoms with Gasteiger partial charge in [-0.3, -0.25) is 4.79 Å². The predicted molar refractivity (Wildman–Crippen MR) is 28.2 cm³/mol. The molecule has 0 fully saturated rings. The molecule has 8 heavy (non-hydrogen) atoms. The molecule has 48 valence electrons. The molecule has 0 saturated carbocycles. The molecule has 0 rings (SSSR count). The van der Waals surface area contributed by atoms with Gasteiger partial charge in [-0.1, -0.05) is 0 Å². The molecule has 4 heteroatoms. The minimum Gasteiger partial charge on any atom is -0.419 e. The fourth-order valence-corrected chi connectivity index (χ4v) is 0.371. The molecule has 0 amide bonds. The number of aliphatic hydroxyl groups is 1. The molecular formula is C4H7ClO3. The lowest BCUT2D eigenvalue weighted by Crippen LogP contribution is -2.22. The first-order chi connectivity index (χ1) is 3.42. The van der Waals surface area contributed by atoms with Gasteiger partial charge < -0.3 is 9.84 Å². The van der Waals surface area contributed by atoms with Crippen molar-refractivity contribution in [3.8, 4) is 0 Å². The molecule has 0 saturated heterocycles. The van der Waals surface area contributed by atoms with Gasteiger partial charge in [-0.2, -0.15) is 0 Å². The summed E-state index contributed by atoms with van der Waals surface area (Å²) < 4.78 is 4.12. The maximum Gasteiger partial charge on any atom is 0.306 e. The van der Waals surface area contributed by atoms with E-state index >= 15 is 0 Å². The van der Waals surface area contributed by atoms with Gasteiger partial charge >= 0.3 is 5.97 Å². The topological polar surface area (TPSA) is 46.5 Å². The average molecular weight is 139 g/mol. The van der Waals surface area contributed by atoms with Gasteiger partial charge in [0.1, 0.15) is 0 Å². The Morgan fingerprint density at radius 2 is 2.25 bits per heavy atom. The predicted octanol–water partition coefficient (Wildman–Crippen LogP) is 0.454. The van der Waals surface area contributed by atoms with Crippen LogP contribution < -0.4 is 0 Å². The number of hydrogen-bond donors (Lipinski definition) is 1. The van der Waals surface area contributed by atoms with E-state index < -0.39 is 11.2 Å². The molecule has 0 bridgehead atoms. The van der Waals surface area contributed by atoms with Crippen LogP contribution in [-0.4, -0.2) is 16.3 Å². The number of ether oxygens (including phenoxy) is 1. The SMILES string of the molecule is CC(=O)O[C@@](C)(O)Cl. The fourth-order valence-electron chi connectivity index (χ4n) is 0.262. The van der Waals surface area contributed by atoms with Crippen LogP contribution in [0.5, 0.6) is 0 Å². The van der Waals surface area contributed by atoms with Crippen LogP contribution in [0.2, 0.25) is 0 Å². The smallest absolute Gasteiger partial charge is 0.306 e. The molecule has 0 spiro atoms. The van der Waals surface area contributed by atoms with E-state index in [-0.39, 0.29) is 0 Å². The first kappa shape index (κ1) is 7.72. The van der Waals surface area contributed by atoms with Crippen molar-refractivity contribution in [1.82, 2.24) is 0 Å². The van der Waals surface area contributed by atoms with Crippen molar-refractivity contribution in [2.75, 3.05) is 0 Å². The summed E-state index contributed by atoms with van der Waals surface area (Å²) in [6, 6.07) is 0. The molecule has 0 aliphatic heterocycles. The lowest BCUT2D eigenvalue weighted by Gasteiger charge is -2.12. The van der Waals surface area contributed by atoms with Crippen molar-refractivity contribution in [2.45, 2.75) is 19.1 Å². The number of carbonyl (C=O) groups excluding carboxylic acids is 1. The highest BCUT2D eigenvalue weighted by Gasteiger charge is 2.17. The number of halogens is 1. The molecule has 0 heterocycles. The Labute approximate surface area is 52.2 Å². The lowest BCUT2D eigenvalue weighted by molar-refractivity contribution is -0.171. The summed E-state index contributed by atoms with van der Waals surface area (Å²) in [4.78, 5) is 9.99. The van der Waals surface area contributed by atoms with Crippen molar-refractivity contribution in [1.29, 1.82) is 0 Å². The number of carbonyl (C=O) groups is 1. The third-order valence-electron chi connectivity index (χ3n) is 0.330. The molecule has 1 atom stereocenters. The van der Waals surface area contributed by atoms with Crippen LogP contribution in [0.25, 0.3) is 0 Å². The zero-order valence-corrected chi connectivity index (χ0v) is 5.40. The normalized spacial score (nSPS) is 17.0. The van der Waals surface area contributed by atoms with E-state index in [9.17, 15) is 4.79 Å². The standard InChI is InChI=1S/C4H7ClO3/c1-3(6)8-4(2,5)7/h7H,1-2H3/t4-/m1/s1. The maximum atomic E-state index is 9.99. The van der Waals surface area contributed by atoms with E-state index in [4.69, 9.17) is 16.7 Å². The minimum atomic E-state index is -1.86. The summed E-state index contributed by atoms with van der Waals surface area (Å²) in [5.74, 6) is -0.606. The summed E-state index contributed by atoms with van der Waals surface area (Å²) in [6.45, 7) is 2.33. The molecule has 0 radical (unpaired) electrons. The first-order valence-corrected chi connectivity index (χ1v) is 2.40. The van der Waals surface area contributed by atoms with Gasteiger partial charge in [-0.25, -0.2) is 0 Å². The second-order valence-corrected chi connectivity index (χ2v) is 2.16. The number of hydrogen-bond acceptors (Lipinski definition) is 3. The van der Waals surface area contributed by atoms with Crippen molar-refractivity contribution < 1.29 is 14.6 Å². The Bertz CT molecular complexity index is 93.9. The summed E-state index contributed by atoms with van der Waals surface area (Å²) >= 11 is 5.04. The molecule has 0 aliphatic rings. The summed E-state index contributed by atoms with van der Waals surface area (Å²) in [5, 5.41) is 6.66. The molecule has 3 nitrogen and oxygen atoms in total. The Kier molecular flexibility index (Phi) is 2.25. The van der Waals surface area contributed by atoms with Gasteiger partial charge in [0.15, 0.2) is 0 Å². The Morgan fingerprint density at radius 1 is 1.88 bits per heavy atom. The van der Waals surface area contributed by atoms with Crippen molar-refractivity contribution in [3.63, 3.8) is 0 Å². The van der Waals surface area contributed by atoms with Crippen LogP contribution in [0.15, 0.2) is 0 Å². The average Bonchev–Trinajstić information content (AvgIpc) is 1.21. The van der Waals surface area contributed by atoms with E-state index in [1.54, 1.807) is 0 Å². The number of alkyl halides is 1.